The summed E-state index contributed by atoms with van der Waals surface area (Å²) in [6.07, 6.45) is 0.262. The number of hydrogen-bond donors (Lipinski definition) is 1. The molecular weight excluding hydrogens is 165 g/mol. The molecule has 0 aliphatic carbocycles. The van der Waals surface area contributed by atoms with Gasteiger partial charge in [-0.3, -0.25) is 4.57 Å². The zero-order valence-electron chi connectivity index (χ0n) is 7.46. The Morgan fingerprint density at radius 3 is 2.09 bits per heavy atom. The summed E-state index contributed by atoms with van der Waals surface area (Å²) in [5.74, 6) is 0. The first-order valence-electron chi connectivity index (χ1n) is 3.48. The van der Waals surface area contributed by atoms with Crippen LogP contribution in [-0.4, -0.2) is 26.5 Å². The molecule has 0 aromatic rings. The van der Waals surface area contributed by atoms with Gasteiger partial charge in [-0.2, -0.15) is 0 Å². The minimum absolute atomic E-state index is 0.262. The summed E-state index contributed by atoms with van der Waals surface area (Å²) in [4.78, 5) is 0. The Bertz CT molecular complexity index is 141. The third kappa shape index (κ3) is 4.53. The van der Waals surface area contributed by atoms with E-state index < -0.39 is 7.60 Å². The van der Waals surface area contributed by atoms with Crippen LogP contribution in [0.25, 0.3) is 0 Å². The molecule has 0 aromatic heterocycles. The van der Waals surface area contributed by atoms with Crippen LogP contribution in [0.1, 0.15) is 13.8 Å². The minimum Gasteiger partial charge on any atom is -0.311 e. The molecule has 68 valence electrons. The van der Waals surface area contributed by atoms with Crippen molar-refractivity contribution in [1.29, 1.82) is 0 Å². The maximum atomic E-state index is 11.3. The second-order valence-electron chi connectivity index (χ2n) is 2.49. The van der Waals surface area contributed by atoms with Gasteiger partial charge in [-0.1, -0.05) is 13.8 Å². The molecule has 0 saturated heterocycles. The Morgan fingerprint density at radius 2 is 1.82 bits per heavy atom. The summed E-state index contributed by atoms with van der Waals surface area (Å²) >= 11 is 0. The van der Waals surface area contributed by atoms with Gasteiger partial charge in [0.1, 0.15) is 0 Å². The van der Waals surface area contributed by atoms with Crippen molar-refractivity contribution >= 4 is 7.60 Å². The van der Waals surface area contributed by atoms with Gasteiger partial charge in [0, 0.05) is 20.3 Å². The standard InChI is InChI=1S/C6H16NO3P/c1-6(2)7-5-11(8,9-3)10-4/h6-7H,5H2,1-4H3. The van der Waals surface area contributed by atoms with Crippen molar-refractivity contribution in [2.75, 3.05) is 20.5 Å². The molecule has 0 rings (SSSR count). The summed E-state index contributed by atoms with van der Waals surface area (Å²) in [7, 11) is -0.0837. The highest BCUT2D eigenvalue weighted by Crippen LogP contribution is 2.44. The van der Waals surface area contributed by atoms with E-state index >= 15 is 0 Å². The molecule has 0 fully saturated rings. The summed E-state index contributed by atoms with van der Waals surface area (Å²) in [5, 5.41) is 2.97. The molecule has 0 saturated carbocycles. The van der Waals surface area contributed by atoms with E-state index in [1.165, 1.54) is 14.2 Å². The Hall–Kier alpha value is 0.110. The molecular formula is C6H16NO3P. The van der Waals surface area contributed by atoms with Gasteiger partial charge in [0.2, 0.25) is 0 Å². The molecule has 0 unspecified atom stereocenters. The predicted octanol–water partition coefficient (Wildman–Crippen LogP) is 1.43. The van der Waals surface area contributed by atoms with Crippen LogP contribution in [-0.2, 0) is 13.6 Å². The average Bonchev–Trinajstić information content (AvgIpc) is 2.00. The molecule has 1 N–H and O–H groups in total. The lowest BCUT2D eigenvalue weighted by molar-refractivity contribution is 0.272. The maximum Gasteiger partial charge on any atom is 0.343 e. The van der Waals surface area contributed by atoms with Crippen molar-refractivity contribution in [3.05, 3.63) is 0 Å². The highest BCUT2D eigenvalue weighted by Gasteiger charge is 2.20. The van der Waals surface area contributed by atoms with Crippen LogP contribution in [0, 0.1) is 0 Å². The fourth-order valence-electron chi connectivity index (χ4n) is 0.498. The summed E-state index contributed by atoms with van der Waals surface area (Å²) in [6.45, 7) is 3.94. The lowest BCUT2D eigenvalue weighted by Gasteiger charge is -2.15. The molecule has 0 heterocycles. The average molecular weight is 181 g/mol. The first kappa shape index (κ1) is 11.1. The van der Waals surface area contributed by atoms with Crippen molar-refractivity contribution in [3.8, 4) is 0 Å². The Morgan fingerprint density at radius 1 is 1.36 bits per heavy atom. The topological polar surface area (TPSA) is 47.6 Å². The molecule has 0 aliphatic heterocycles. The third-order valence-corrected chi connectivity index (χ3v) is 2.93. The Kier molecular flexibility index (Phi) is 4.93. The van der Waals surface area contributed by atoms with Gasteiger partial charge in [0.05, 0.1) is 6.29 Å². The van der Waals surface area contributed by atoms with Gasteiger partial charge in [-0.25, -0.2) is 0 Å². The van der Waals surface area contributed by atoms with E-state index in [-0.39, 0.29) is 12.3 Å². The highest BCUT2D eigenvalue weighted by molar-refractivity contribution is 7.53. The van der Waals surface area contributed by atoms with Crippen LogP contribution in [0.3, 0.4) is 0 Å². The summed E-state index contributed by atoms with van der Waals surface area (Å²) in [6, 6.07) is 0.286. The van der Waals surface area contributed by atoms with E-state index in [0.717, 1.165) is 0 Å². The van der Waals surface area contributed by atoms with Crippen molar-refractivity contribution in [2.24, 2.45) is 0 Å². The van der Waals surface area contributed by atoms with E-state index in [1.54, 1.807) is 0 Å². The van der Waals surface area contributed by atoms with Crippen molar-refractivity contribution in [2.45, 2.75) is 19.9 Å². The SMILES string of the molecule is COP(=O)(CNC(C)C)OC. The molecule has 5 heteroatoms. The molecule has 0 amide bonds. The normalized spacial score (nSPS) is 12.5. The fourth-order valence-corrected chi connectivity index (χ4v) is 1.49. The number of nitrogens with one attached hydrogen (secondary N) is 1. The van der Waals surface area contributed by atoms with E-state index in [2.05, 4.69) is 5.32 Å². The second-order valence-corrected chi connectivity index (χ2v) is 4.76. The van der Waals surface area contributed by atoms with Gasteiger partial charge in [-0.15, -0.1) is 0 Å². The number of hydrogen-bond acceptors (Lipinski definition) is 4. The van der Waals surface area contributed by atoms with E-state index in [0.29, 0.717) is 0 Å². The first-order chi connectivity index (χ1) is 5.04. The highest BCUT2D eigenvalue weighted by atomic mass is 31.2. The first-order valence-corrected chi connectivity index (χ1v) is 5.21. The lowest BCUT2D eigenvalue weighted by Crippen LogP contribution is -2.24. The van der Waals surface area contributed by atoms with Gasteiger partial charge in [-0.05, 0) is 0 Å². The fraction of sp³-hybridized carbons (Fsp3) is 1.00. The van der Waals surface area contributed by atoms with Gasteiger partial charge in [0.15, 0.2) is 0 Å². The quantitative estimate of drug-likeness (QED) is 0.652. The van der Waals surface area contributed by atoms with Crippen LogP contribution in [0.5, 0.6) is 0 Å². The molecule has 0 aromatic carbocycles. The second kappa shape index (κ2) is 4.88. The maximum absolute atomic E-state index is 11.3. The van der Waals surface area contributed by atoms with E-state index in [4.69, 9.17) is 9.05 Å². The van der Waals surface area contributed by atoms with E-state index in [9.17, 15) is 4.57 Å². The van der Waals surface area contributed by atoms with Crippen molar-refractivity contribution < 1.29 is 13.6 Å². The number of rotatable bonds is 5. The van der Waals surface area contributed by atoms with E-state index in [1.807, 2.05) is 13.8 Å². The Balaban J connectivity index is 3.79. The van der Waals surface area contributed by atoms with Crippen molar-refractivity contribution in [1.82, 2.24) is 5.32 Å². The molecule has 0 bridgehead atoms. The third-order valence-electron chi connectivity index (χ3n) is 1.25. The molecule has 0 aliphatic rings. The molecule has 0 spiro atoms. The Labute approximate surface area is 67.8 Å². The largest absolute Gasteiger partial charge is 0.343 e. The minimum atomic E-state index is -2.85. The van der Waals surface area contributed by atoms with Gasteiger partial charge >= 0.3 is 7.60 Å². The molecule has 0 radical (unpaired) electrons. The molecule has 4 nitrogen and oxygen atoms in total. The van der Waals surface area contributed by atoms with Crippen LogP contribution in [0.2, 0.25) is 0 Å². The molecule has 0 atom stereocenters. The van der Waals surface area contributed by atoms with Crippen LogP contribution in [0.4, 0.5) is 0 Å². The van der Waals surface area contributed by atoms with Crippen LogP contribution < -0.4 is 5.32 Å². The smallest absolute Gasteiger partial charge is 0.311 e. The lowest BCUT2D eigenvalue weighted by atomic mass is 10.4. The van der Waals surface area contributed by atoms with Gasteiger partial charge in [0.25, 0.3) is 0 Å². The monoisotopic (exact) mass is 181 g/mol. The van der Waals surface area contributed by atoms with Crippen LogP contribution >= 0.6 is 7.60 Å². The van der Waals surface area contributed by atoms with Crippen LogP contribution in [0.15, 0.2) is 0 Å². The summed E-state index contributed by atoms with van der Waals surface area (Å²) in [5.41, 5.74) is 0. The zero-order chi connectivity index (χ0) is 8.91. The summed E-state index contributed by atoms with van der Waals surface area (Å²) < 4.78 is 20.8. The van der Waals surface area contributed by atoms with Gasteiger partial charge < -0.3 is 14.4 Å². The predicted molar refractivity (Wildman–Crippen MR) is 44.8 cm³/mol. The zero-order valence-corrected chi connectivity index (χ0v) is 8.35. The van der Waals surface area contributed by atoms with Crippen molar-refractivity contribution in [3.63, 3.8) is 0 Å². The molecule has 11 heavy (non-hydrogen) atoms.